The van der Waals surface area contributed by atoms with Gasteiger partial charge in [-0.15, -0.1) is 0 Å². The fraction of sp³-hybridized carbons (Fsp3) is 1.00. The predicted molar refractivity (Wildman–Crippen MR) is 105 cm³/mol. The Morgan fingerprint density at radius 2 is 1.25 bits per heavy atom. The average molecular weight is 337 g/mol. The molecule has 0 aromatic rings. The highest BCUT2D eigenvalue weighted by atomic mass is 16.5. The predicted octanol–water partition coefficient (Wildman–Crippen LogP) is 7.53. The van der Waals surface area contributed by atoms with Gasteiger partial charge in [-0.25, -0.2) is 0 Å². The Labute approximate surface area is 152 Å². The van der Waals surface area contributed by atoms with Gasteiger partial charge in [-0.3, -0.25) is 0 Å². The Bertz CT molecular complexity index is 284. The van der Waals surface area contributed by atoms with Crippen molar-refractivity contribution in [3.05, 3.63) is 0 Å². The first kappa shape index (κ1) is 20.3. The smallest absolute Gasteiger partial charge is 0.0575 e. The van der Waals surface area contributed by atoms with Crippen molar-refractivity contribution in [3.8, 4) is 0 Å². The fourth-order valence-electron chi connectivity index (χ4n) is 4.86. The summed E-state index contributed by atoms with van der Waals surface area (Å²) in [5.41, 5.74) is 0. The third-order valence-corrected chi connectivity index (χ3v) is 6.76. The first-order valence-corrected chi connectivity index (χ1v) is 11.4. The van der Waals surface area contributed by atoms with Crippen molar-refractivity contribution in [3.63, 3.8) is 0 Å². The molecule has 2 fully saturated rings. The highest BCUT2D eigenvalue weighted by molar-refractivity contribution is 4.74. The lowest BCUT2D eigenvalue weighted by Crippen LogP contribution is -2.22. The number of rotatable bonds is 11. The molecule has 0 N–H and O–H groups in total. The van der Waals surface area contributed by atoms with Crippen LogP contribution in [0.1, 0.15) is 117 Å². The first-order valence-electron chi connectivity index (χ1n) is 11.4. The largest absolute Gasteiger partial charge is 0.378 e. The summed E-state index contributed by atoms with van der Waals surface area (Å²) >= 11 is 0. The first-order chi connectivity index (χ1) is 11.8. The molecule has 24 heavy (non-hydrogen) atoms. The van der Waals surface area contributed by atoms with Crippen LogP contribution < -0.4 is 0 Å². The van der Waals surface area contributed by atoms with Gasteiger partial charge < -0.3 is 4.74 Å². The van der Waals surface area contributed by atoms with Crippen molar-refractivity contribution >= 4 is 0 Å². The van der Waals surface area contributed by atoms with Gasteiger partial charge in [-0.2, -0.15) is 0 Å². The molecule has 1 heteroatoms. The maximum Gasteiger partial charge on any atom is 0.0575 e. The van der Waals surface area contributed by atoms with Crippen LogP contribution >= 0.6 is 0 Å². The molecule has 2 aliphatic carbocycles. The topological polar surface area (TPSA) is 9.23 Å². The molecule has 0 amide bonds. The van der Waals surface area contributed by atoms with Gasteiger partial charge in [0, 0.05) is 6.61 Å². The zero-order valence-electron chi connectivity index (χ0n) is 16.7. The summed E-state index contributed by atoms with van der Waals surface area (Å²) in [5.74, 6) is 3.00. The summed E-state index contributed by atoms with van der Waals surface area (Å²) in [6, 6.07) is 0. The summed E-state index contributed by atoms with van der Waals surface area (Å²) in [6.45, 7) is 5.75. The molecule has 2 saturated carbocycles. The lowest BCUT2D eigenvalue weighted by Gasteiger charge is -2.29. The normalized spacial score (nSPS) is 31.2. The van der Waals surface area contributed by atoms with E-state index in [4.69, 9.17) is 4.74 Å². The Morgan fingerprint density at radius 1 is 0.667 bits per heavy atom. The summed E-state index contributed by atoms with van der Waals surface area (Å²) in [5, 5.41) is 0. The summed E-state index contributed by atoms with van der Waals surface area (Å²) in [4.78, 5) is 0. The minimum Gasteiger partial charge on any atom is -0.378 e. The van der Waals surface area contributed by atoms with Crippen LogP contribution in [0.3, 0.4) is 0 Å². The Kier molecular flexibility index (Phi) is 10.4. The molecule has 0 aliphatic heterocycles. The molecule has 142 valence electrons. The third kappa shape index (κ3) is 8.37. The molecule has 0 atom stereocenters. The van der Waals surface area contributed by atoms with Gasteiger partial charge in [0.1, 0.15) is 0 Å². The minimum atomic E-state index is 0.590. The van der Waals surface area contributed by atoms with Crippen molar-refractivity contribution in [1.29, 1.82) is 0 Å². The number of hydrogen-bond donors (Lipinski definition) is 0. The van der Waals surface area contributed by atoms with Gasteiger partial charge in [0.15, 0.2) is 0 Å². The summed E-state index contributed by atoms with van der Waals surface area (Å²) in [6.07, 6.45) is 23.4. The van der Waals surface area contributed by atoms with E-state index in [-0.39, 0.29) is 0 Å². The maximum atomic E-state index is 6.20. The van der Waals surface area contributed by atoms with E-state index >= 15 is 0 Å². The molecule has 2 rings (SSSR count). The van der Waals surface area contributed by atoms with E-state index in [0.29, 0.717) is 6.10 Å². The Balaban J connectivity index is 1.42. The van der Waals surface area contributed by atoms with Crippen LogP contribution in [0.4, 0.5) is 0 Å². The highest BCUT2D eigenvalue weighted by Crippen LogP contribution is 2.32. The second-order valence-corrected chi connectivity index (χ2v) is 8.98. The Hall–Kier alpha value is -0.0400. The Morgan fingerprint density at radius 3 is 1.92 bits per heavy atom. The molecule has 0 heterocycles. The van der Waals surface area contributed by atoms with Crippen LogP contribution in [-0.2, 0) is 4.74 Å². The maximum absolute atomic E-state index is 6.20. The van der Waals surface area contributed by atoms with Crippen LogP contribution in [0.25, 0.3) is 0 Å². The van der Waals surface area contributed by atoms with Crippen molar-refractivity contribution in [2.45, 2.75) is 123 Å². The van der Waals surface area contributed by atoms with E-state index in [1.54, 1.807) is 0 Å². The van der Waals surface area contributed by atoms with Gasteiger partial charge in [-0.1, -0.05) is 78.1 Å². The fourth-order valence-corrected chi connectivity index (χ4v) is 4.86. The van der Waals surface area contributed by atoms with E-state index < -0.39 is 0 Å². The van der Waals surface area contributed by atoms with Crippen molar-refractivity contribution < 1.29 is 4.74 Å². The van der Waals surface area contributed by atoms with Crippen molar-refractivity contribution in [2.75, 3.05) is 6.61 Å². The zero-order valence-corrected chi connectivity index (χ0v) is 16.7. The van der Waals surface area contributed by atoms with Gasteiger partial charge in [0.2, 0.25) is 0 Å². The summed E-state index contributed by atoms with van der Waals surface area (Å²) < 4.78 is 6.20. The SMILES string of the molecule is CCCCCCCC1CCC(OCCC[C@H]2CC[C@H](C)CC2)CC1. The number of hydrogen-bond acceptors (Lipinski definition) is 1. The van der Waals surface area contributed by atoms with Crippen LogP contribution in [0.5, 0.6) is 0 Å². The molecule has 2 aliphatic rings. The molecule has 0 spiro atoms. The highest BCUT2D eigenvalue weighted by Gasteiger charge is 2.22. The minimum absolute atomic E-state index is 0.590. The molecule has 0 bridgehead atoms. The third-order valence-electron chi connectivity index (χ3n) is 6.76. The molecule has 0 aromatic carbocycles. The molecule has 0 saturated heterocycles. The standard InChI is InChI=1S/C23H44O/c1-3-4-5-6-7-9-21-15-17-23(18-16-21)24-19-8-10-22-13-11-20(2)12-14-22/h20-23H,3-19H2,1-2H3/t20-,21?,22-,23?. The van der Waals surface area contributed by atoms with Crippen LogP contribution in [0.2, 0.25) is 0 Å². The second kappa shape index (κ2) is 12.3. The lowest BCUT2D eigenvalue weighted by atomic mass is 9.81. The molecule has 1 nitrogen and oxygen atoms in total. The van der Waals surface area contributed by atoms with Gasteiger partial charge in [0.05, 0.1) is 6.10 Å². The van der Waals surface area contributed by atoms with E-state index in [2.05, 4.69) is 13.8 Å². The lowest BCUT2D eigenvalue weighted by molar-refractivity contribution is 0.0132. The van der Waals surface area contributed by atoms with Gasteiger partial charge in [-0.05, 0) is 56.3 Å². The van der Waals surface area contributed by atoms with Crippen molar-refractivity contribution in [2.24, 2.45) is 17.8 Å². The van der Waals surface area contributed by atoms with Gasteiger partial charge in [0.25, 0.3) is 0 Å². The van der Waals surface area contributed by atoms with E-state index in [0.717, 1.165) is 24.4 Å². The van der Waals surface area contributed by atoms with Crippen molar-refractivity contribution in [1.82, 2.24) is 0 Å². The molecular formula is C23H44O. The summed E-state index contributed by atoms with van der Waals surface area (Å²) in [7, 11) is 0. The quantitative estimate of drug-likeness (QED) is 0.354. The average Bonchev–Trinajstić information content (AvgIpc) is 2.61. The van der Waals surface area contributed by atoms with E-state index in [9.17, 15) is 0 Å². The molecule has 0 radical (unpaired) electrons. The number of unbranched alkanes of at least 4 members (excludes halogenated alkanes) is 4. The second-order valence-electron chi connectivity index (χ2n) is 8.98. The van der Waals surface area contributed by atoms with Crippen LogP contribution in [-0.4, -0.2) is 12.7 Å². The monoisotopic (exact) mass is 336 g/mol. The van der Waals surface area contributed by atoms with E-state index in [1.165, 1.54) is 103 Å². The van der Waals surface area contributed by atoms with Crippen LogP contribution in [0.15, 0.2) is 0 Å². The van der Waals surface area contributed by atoms with Gasteiger partial charge >= 0.3 is 0 Å². The molecular weight excluding hydrogens is 292 g/mol. The zero-order chi connectivity index (χ0) is 17.0. The molecule has 0 aromatic heterocycles. The number of ether oxygens (including phenoxy) is 1. The van der Waals surface area contributed by atoms with Crippen LogP contribution in [0, 0.1) is 17.8 Å². The molecule has 0 unspecified atom stereocenters. The van der Waals surface area contributed by atoms with E-state index in [1.807, 2.05) is 0 Å².